The molecule has 1 unspecified atom stereocenters. The summed E-state index contributed by atoms with van der Waals surface area (Å²) in [6.45, 7) is 0. The molecule has 0 spiro atoms. The van der Waals surface area contributed by atoms with E-state index in [1.807, 2.05) is 24.3 Å². The third-order valence-corrected chi connectivity index (χ3v) is 4.59. The van der Waals surface area contributed by atoms with E-state index in [9.17, 15) is 4.39 Å². The smallest absolute Gasteiger partial charge is 0.123 e. The molecular formula is C14H12Cl2FNS. The van der Waals surface area contributed by atoms with E-state index in [1.54, 1.807) is 0 Å². The molecule has 2 aromatic carbocycles. The first-order valence-corrected chi connectivity index (χ1v) is 7.40. The van der Waals surface area contributed by atoms with Crippen LogP contribution < -0.4 is 5.73 Å². The largest absolute Gasteiger partial charge is 0.323 e. The van der Waals surface area contributed by atoms with Crippen LogP contribution >= 0.6 is 35.0 Å². The molecule has 2 N–H and O–H groups in total. The lowest BCUT2D eigenvalue weighted by molar-refractivity contribution is 0.623. The van der Waals surface area contributed by atoms with Crippen LogP contribution in [0.3, 0.4) is 0 Å². The Balaban J connectivity index is 2.07. The van der Waals surface area contributed by atoms with Crippen LogP contribution in [0.15, 0.2) is 47.4 Å². The number of nitrogens with two attached hydrogens (primary N) is 1. The van der Waals surface area contributed by atoms with Crippen molar-refractivity contribution in [1.82, 2.24) is 0 Å². The van der Waals surface area contributed by atoms with E-state index in [2.05, 4.69) is 0 Å². The molecule has 0 saturated carbocycles. The van der Waals surface area contributed by atoms with Gasteiger partial charge in [0, 0.05) is 21.7 Å². The standard InChI is InChI=1S/C14H12Cl2FNS/c15-11-6-5-9(17)7-10(11)13(18)8-19-14-4-2-1-3-12(14)16/h1-7,13H,8,18H2. The van der Waals surface area contributed by atoms with Crippen molar-refractivity contribution in [3.8, 4) is 0 Å². The number of thioether (sulfide) groups is 1. The number of benzene rings is 2. The SMILES string of the molecule is NC(CSc1ccccc1Cl)c1cc(F)ccc1Cl. The molecule has 1 nitrogen and oxygen atoms in total. The lowest BCUT2D eigenvalue weighted by Gasteiger charge is -2.14. The molecule has 0 fully saturated rings. The van der Waals surface area contributed by atoms with Crippen molar-refractivity contribution >= 4 is 35.0 Å². The summed E-state index contributed by atoms with van der Waals surface area (Å²) in [5.74, 6) is 0.241. The van der Waals surface area contributed by atoms with Gasteiger partial charge in [-0.25, -0.2) is 4.39 Å². The molecule has 100 valence electrons. The van der Waals surface area contributed by atoms with Gasteiger partial charge in [-0.3, -0.25) is 0 Å². The first-order valence-electron chi connectivity index (χ1n) is 5.66. The van der Waals surface area contributed by atoms with Gasteiger partial charge in [-0.2, -0.15) is 0 Å². The van der Waals surface area contributed by atoms with Crippen LogP contribution in [0.5, 0.6) is 0 Å². The van der Waals surface area contributed by atoms with Gasteiger partial charge in [0.25, 0.3) is 0 Å². The second-order valence-electron chi connectivity index (χ2n) is 4.01. The van der Waals surface area contributed by atoms with E-state index >= 15 is 0 Å². The lowest BCUT2D eigenvalue weighted by atomic mass is 10.1. The molecule has 0 amide bonds. The van der Waals surface area contributed by atoms with Gasteiger partial charge in [-0.05, 0) is 35.9 Å². The highest BCUT2D eigenvalue weighted by molar-refractivity contribution is 7.99. The minimum absolute atomic E-state index is 0.336. The van der Waals surface area contributed by atoms with E-state index < -0.39 is 0 Å². The monoisotopic (exact) mass is 315 g/mol. The topological polar surface area (TPSA) is 26.0 Å². The van der Waals surface area contributed by atoms with Gasteiger partial charge in [-0.15, -0.1) is 11.8 Å². The molecule has 1 atom stereocenters. The highest BCUT2D eigenvalue weighted by Crippen LogP contribution is 2.31. The van der Waals surface area contributed by atoms with Crippen LogP contribution in [0.2, 0.25) is 10.0 Å². The van der Waals surface area contributed by atoms with Crippen LogP contribution in [0.1, 0.15) is 11.6 Å². The van der Waals surface area contributed by atoms with Crippen molar-refractivity contribution in [3.63, 3.8) is 0 Å². The first-order chi connectivity index (χ1) is 9.08. The van der Waals surface area contributed by atoms with Crippen LogP contribution in [-0.2, 0) is 0 Å². The summed E-state index contributed by atoms with van der Waals surface area (Å²) < 4.78 is 13.2. The number of halogens is 3. The summed E-state index contributed by atoms with van der Waals surface area (Å²) in [6.07, 6.45) is 0. The lowest BCUT2D eigenvalue weighted by Crippen LogP contribution is -2.13. The fourth-order valence-electron chi connectivity index (χ4n) is 1.63. The minimum atomic E-state index is -0.343. The van der Waals surface area contributed by atoms with E-state index in [1.165, 1.54) is 30.0 Å². The first kappa shape index (κ1) is 14.7. The van der Waals surface area contributed by atoms with Crippen LogP contribution in [0.4, 0.5) is 4.39 Å². The Morgan fingerprint density at radius 1 is 1.11 bits per heavy atom. The summed E-state index contributed by atoms with van der Waals surface area (Å²) in [7, 11) is 0. The Kier molecular flexibility index (Phi) is 5.11. The molecule has 2 aromatic rings. The molecule has 0 bridgehead atoms. The highest BCUT2D eigenvalue weighted by Gasteiger charge is 2.12. The Morgan fingerprint density at radius 3 is 2.58 bits per heavy atom. The van der Waals surface area contributed by atoms with Gasteiger partial charge in [-0.1, -0.05) is 35.3 Å². The predicted octanol–water partition coefficient (Wildman–Crippen LogP) is 4.92. The average Bonchev–Trinajstić information content (AvgIpc) is 2.40. The maximum atomic E-state index is 13.2. The Labute approximate surface area is 125 Å². The van der Waals surface area contributed by atoms with Crippen molar-refractivity contribution in [2.45, 2.75) is 10.9 Å². The predicted molar refractivity (Wildman–Crippen MR) is 80.5 cm³/mol. The van der Waals surface area contributed by atoms with Gasteiger partial charge in [0.2, 0.25) is 0 Å². The third kappa shape index (κ3) is 3.86. The fraction of sp³-hybridized carbons (Fsp3) is 0.143. The molecule has 0 aromatic heterocycles. The zero-order valence-electron chi connectivity index (χ0n) is 9.95. The van der Waals surface area contributed by atoms with Crippen molar-refractivity contribution in [3.05, 3.63) is 63.9 Å². The molecule has 5 heteroatoms. The molecular weight excluding hydrogens is 304 g/mol. The summed E-state index contributed by atoms with van der Waals surface area (Å²) in [5.41, 5.74) is 6.66. The maximum absolute atomic E-state index is 13.2. The van der Waals surface area contributed by atoms with Gasteiger partial charge in [0.15, 0.2) is 0 Å². The summed E-state index contributed by atoms with van der Waals surface area (Å²) >= 11 is 13.6. The van der Waals surface area contributed by atoms with Gasteiger partial charge >= 0.3 is 0 Å². The molecule has 0 aliphatic carbocycles. The van der Waals surface area contributed by atoms with Crippen LogP contribution in [0, 0.1) is 5.82 Å². The Hall–Kier alpha value is -0.740. The summed E-state index contributed by atoms with van der Waals surface area (Å²) in [4.78, 5) is 0.951. The normalized spacial score (nSPS) is 12.4. The van der Waals surface area contributed by atoms with E-state index in [0.29, 0.717) is 21.4 Å². The average molecular weight is 316 g/mol. The molecule has 0 heterocycles. The van der Waals surface area contributed by atoms with E-state index in [4.69, 9.17) is 28.9 Å². The van der Waals surface area contributed by atoms with E-state index in [-0.39, 0.29) is 11.9 Å². The van der Waals surface area contributed by atoms with E-state index in [0.717, 1.165) is 4.90 Å². The Morgan fingerprint density at radius 2 is 1.84 bits per heavy atom. The minimum Gasteiger partial charge on any atom is -0.323 e. The maximum Gasteiger partial charge on any atom is 0.123 e. The van der Waals surface area contributed by atoms with Gasteiger partial charge in [0.1, 0.15) is 5.82 Å². The van der Waals surface area contributed by atoms with Crippen molar-refractivity contribution in [2.75, 3.05) is 5.75 Å². The Bertz CT molecular complexity index is 577. The number of hydrogen-bond acceptors (Lipinski definition) is 2. The molecule has 0 aliphatic rings. The van der Waals surface area contributed by atoms with Crippen molar-refractivity contribution in [2.24, 2.45) is 5.73 Å². The third-order valence-electron chi connectivity index (χ3n) is 2.61. The molecule has 0 aliphatic heterocycles. The molecule has 2 rings (SSSR count). The molecule has 19 heavy (non-hydrogen) atoms. The van der Waals surface area contributed by atoms with Gasteiger partial charge in [0.05, 0.1) is 5.02 Å². The highest BCUT2D eigenvalue weighted by atomic mass is 35.5. The number of rotatable bonds is 4. The zero-order valence-corrected chi connectivity index (χ0v) is 12.3. The molecule has 0 radical (unpaired) electrons. The quantitative estimate of drug-likeness (QED) is 0.810. The van der Waals surface area contributed by atoms with Crippen molar-refractivity contribution in [1.29, 1.82) is 0 Å². The zero-order chi connectivity index (χ0) is 13.8. The van der Waals surface area contributed by atoms with Crippen molar-refractivity contribution < 1.29 is 4.39 Å². The van der Waals surface area contributed by atoms with Crippen LogP contribution in [-0.4, -0.2) is 5.75 Å². The fourth-order valence-corrected chi connectivity index (χ4v) is 3.11. The second-order valence-corrected chi connectivity index (χ2v) is 5.89. The van der Waals surface area contributed by atoms with Crippen LogP contribution in [0.25, 0.3) is 0 Å². The molecule has 0 saturated heterocycles. The van der Waals surface area contributed by atoms with Gasteiger partial charge < -0.3 is 5.73 Å². The summed E-state index contributed by atoms with van der Waals surface area (Å²) in [5, 5.41) is 1.17. The number of hydrogen-bond donors (Lipinski definition) is 1. The summed E-state index contributed by atoms with van der Waals surface area (Å²) in [6, 6.07) is 11.4. The second kappa shape index (κ2) is 6.62.